The van der Waals surface area contributed by atoms with Crippen LogP contribution in [0.15, 0.2) is 89.5 Å². The third-order valence-corrected chi connectivity index (χ3v) is 6.74. The van der Waals surface area contributed by atoms with Gasteiger partial charge in [-0.3, -0.25) is 4.98 Å². The molecule has 0 aliphatic carbocycles. The Balaban J connectivity index is 1.56. The molecule has 0 bridgehead atoms. The fourth-order valence-corrected chi connectivity index (χ4v) is 4.87. The zero-order chi connectivity index (χ0) is 25.2. The molecule has 2 aromatic heterocycles. The molecule has 1 aliphatic heterocycles. The number of carbonyl (C=O) groups excluding carboxylic acids is 1. The quantitative estimate of drug-likeness (QED) is 0.243. The Hall–Kier alpha value is -3.97. The van der Waals surface area contributed by atoms with Gasteiger partial charge in [0, 0.05) is 17.4 Å². The molecule has 0 spiro atoms. The Labute approximate surface area is 215 Å². The van der Waals surface area contributed by atoms with Crippen molar-refractivity contribution >= 4 is 29.0 Å². The van der Waals surface area contributed by atoms with Crippen LogP contribution >= 0.6 is 12.2 Å². The van der Waals surface area contributed by atoms with Gasteiger partial charge in [-0.2, -0.15) is 0 Å². The average molecular weight is 498 g/mol. The first-order valence-corrected chi connectivity index (χ1v) is 12.3. The topological polar surface area (TPSA) is 67.6 Å². The second-order valence-electron chi connectivity index (χ2n) is 9.02. The number of nitrogens with zero attached hydrogens (tertiary/aromatic N) is 2. The number of rotatable bonds is 6. The highest BCUT2D eigenvalue weighted by atomic mass is 32.1. The van der Waals surface area contributed by atoms with Gasteiger partial charge in [-0.15, -0.1) is 0 Å². The molecule has 1 saturated heterocycles. The van der Waals surface area contributed by atoms with E-state index in [1.165, 1.54) is 12.7 Å². The number of aromatic nitrogens is 1. The summed E-state index contributed by atoms with van der Waals surface area (Å²) >= 11 is 5.81. The van der Waals surface area contributed by atoms with Crippen molar-refractivity contribution in [2.24, 2.45) is 0 Å². The molecule has 1 N–H and O–H groups in total. The molecule has 1 fully saturated rings. The number of furan rings is 1. The van der Waals surface area contributed by atoms with Crippen LogP contribution in [0.25, 0.3) is 11.3 Å². The average Bonchev–Trinajstić information content (AvgIpc) is 3.53. The smallest absolute Gasteiger partial charge is 0.337 e. The molecule has 6 nitrogen and oxygen atoms in total. The molecule has 36 heavy (non-hydrogen) atoms. The molecular formula is C29H27N3O3S. The van der Waals surface area contributed by atoms with Crippen molar-refractivity contribution in [3.63, 3.8) is 0 Å². The summed E-state index contributed by atoms with van der Waals surface area (Å²) in [6.07, 6.45) is 1.78. The lowest BCUT2D eigenvalue weighted by molar-refractivity contribution is 0.0601. The van der Waals surface area contributed by atoms with Crippen molar-refractivity contribution < 1.29 is 13.9 Å². The van der Waals surface area contributed by atoms with Crippen molar-refractivity contribution in [2.45, 2.75) is 31.8 Å². The maximum absolute atomic E-state index is 12.0. The van der Waals surface area contributed by atoms with E-state index in [1.54, 1.807) is 18.3 Å². The minimum absolute atomic E-state index is 0.205. The monoisotopic (exact) mass is 497 g/mol. The molecule has 2 aromatic carbocycles. The summed E-state index contributed by atoms with van der Waals surface area (Å²) in [4.78, 5) is 18.7. The van der Waals surface area contributed by atoms with Crippen molar-refractivity contribution in [3.8, 4) is 11.3 Å². The maximum atomic E-state index is 12.0. The van der Waals surface area contributed by atoms with Crippen LogP contribution in [0.2, 0.25) is 0 Å². The fourth-order valence-electron chi connectivity index (χ4n) is 4.53. The number of nitrogens with one attached hydrogen (secondary N) is 1. The van der Waals surface area contributed by atoms with Gasteiger partial charge in [0.15, 0.2) is 5.11 Å². The number of pyridine rings is 1. The van der Waals surface area contributed by atoms with Crippen LogP contribution in [0.3, 0.4) is 0 Å². The van der Waals surface area contributed by atoms with E-state index in [-0.39, 0.29) is 18.1 Å². The lowest BCUT2D eigenvalue weighted by Gasteiger charge is -2.26. The van der Waals surface area contributed by atoms with Crippen LogP contribution in [0.4, 0.5) is 5.69 Å². The molecule has 1 aliphatic rings. The molecule has 182 valence electrons. The van der Waals surface area contributed by atoms with Crippen LogP contribution in [-0.2, 0) is 4.74 Å². The number of hydrogen-bond acceptors (Lipinski definition) is 5. The molecule has 5 rings (SSSR count). The zero-order valence-electron chi connectivity index (χ0n) is 20.3. The minimum Gasteiger partial charge on any atom is -0.465 e. The Morgan fingerprint density at radius 2 is 1.86 bits per heavy atom. The summed E-state index contributed by atoms with van der Waals surface area (Å²) in [5, 5.41) is 4.07. The van der Waals surface area contributed by atoms with E-state index in [0.29, 0.717) is 22.4 Å². The summed E-state index contributed by atoms with van der Waals surface area (Å²) in [5.41, 5.74) is 4.37. The zero-order valence-corrected chi connectivity index (χ0v) is 21.2. The Morgan fingerprint density at radius 3 is 2.56 bits per heavy atom. The summed E-state index contributed by atoms with van der Waals surface area (Å²) in [6, 6.07) is 25.0. The third kappa shape index (κ3) is 4.50. The van der Waals surface area contributed by atoms with Crippen LogP contribution < -0.4 is 10.2 Å². The third-order valence-electron chi connectivity index (χ3n) is 6.42. The molecule has 0 unspecified atom stereocenters. The second-order valence-corrected chi connectivity index (χ2v) is 9.40. The van der Waals surface area contributed by atoms with Gasteiger partial charge in [0.05, 0.1) is 24.4 Å². The minimum atomic E-state index is -0.389. The van der Waals surface area contributed by atoms with E-state index < -0.39 is 0 Å². The van der Waals surface area contributed by atoms with Crippen LogP contribution in [-0.4, -0.2) is 23.2 Å². The molecule has 4 aromatic rings. The van der Waals surface area contributed by atoms with E-state index in [4.69, 9.17) is 21.4 Å². The lowest BCUT2D eigenvalue weighted by Crippen LogP contribution is -2.29. The summed E-state index contributed by atoms with van der Waals surface area (Å²) in [6.45, 7) is 4.35. The number of thiocarbonyl (C=S) groups is 1. The molecule has 0 amide bonds. The lowest BCUT2D eigenvalue weighted by atomic mass is 10.0. The Morgan fingerprint density at radius 1 is 1.06 bits per heavy atom. The highest BCUT2D eigenvalue weighted by Gasteiger charge is 2.42. The standard InChI is InChI=1S/C29H27N3O3S/c1-18(2)19-10-12-22(13-11-19)32-27(26(31-29(32)36)23-9-4-5-16-30-23)25-15-14-24(35-25)20-7-6-8-21(17-20)28(33)34-3/h4-18,26-27H,1-3H3,(H,31,36)/t26-,27-/m1/s1. The van der Waals surface area contributed by atoms with E-state index in [1.807, 2.05) is 42.5 Å². The maximum Gasteiger partial charge on any atom is 0.337 e. The van der Waals surface area contributed by atoms with Gasteiger partial charge < -0.3 is 19.4 Å². The van der Waals surface area contributed by atoms with Crippen molar-refractivity contribution in [3.05, 3.63) is 108 Å². The predicted molar refractivity (Wildman–Crippen MR) is 144 cm³/mol. The Kier molecular flexibility index (Phi) is 6.57. The van der Waals surface area contributed by atoms with E-state index >= 15 is 0 Å². The highest BCUT2D eigenvalue weighted by molar-refractivity contribution is 7.80. The van der Waals surface area contributed by atoms with Gasteiger partial charge in [0.25, 0.3) is 0 Å². The second kappa shape index (κ2) is 9.95. The Bertz CT molecular complexity index is 1380. The molecule has 0 radical (unpaired) electrons. The van der Waals surface area contributed by atoms with Gasteiger partial charge in [0.2, 0.25) is 0 Å². The SMILES string of the molecule is COC(=O)c1cccc(-c2ccc([C@@H]3[C@@H](c4ccccn4)NC(=S)N3c3ccc(C(C)C)cc3)o2)c1. The highest BCUT2D eigenvalue weighted by Crippen LogP contribution is 2.43. The normalized spacial score (nSPS) is 17.3. The molecular weight excluding hydrogens is 470 g/mol. The summed E-state index contributed by atoms with van der Waals surface area (Å²) in [7, 11) is 1.37. The van der Waals surface area contributed by atoms with Gasteiger partial charge in [-0.1, -0.05) is 44.2 Å². The largest absolute Gasteiger partial charge is 0.465 e. The number of benzene rings is 2. The van der Waals surface area contributed by atoms with Crippen molar-refractivity contribution in [1.29, 1.82) is 0 Å². The van der Waals surface area contributed by atoms with Gasteiger partial charge in [-0.05, 0) is 72.2 Å². The van der Waals surface area contributed by atoms with Crippen LogP contribution in [0.5, 0.6) is 0 Å². The van der Waals surface area contributed by atoms with E-state index in [0.717, 1.165) is 22.7 Å². The number of anilines is 1. The van der Waals surface area contributed by atoms with Crippen molar-refractivity contribution in [1.82, 2.24) is 10.3 Å². The fraction of sp³-hybridized carbons (Fsp3) is 0.207. The first kappa shape index (κ1) is 23.8. The number of methoxy groups -OCH3 is 1. The predicted octanol–water partition coefficient (Wildman–Crippen LogP) is 6.43. The number of hydrogen-bond donors (Lipinski definition) is 1. The molecule has 0 saturated carbocycles. The molecule has 7 heteroatoms. The van der Waals surface area contributed by atoms with E-state index in [9.17, 15) is 4.79 Å². The van der Waals surface area contributed by atoms with Crippen molar-refractivity contribution in [2.75, 3.05) is 12.0 Å². The summed E-state index contributed by atoms with van der Waals surface area (Å²) in [5.74, 6) is 1.45. The van der Waals surface area contributed by atoms with Gasteiger partial charge >= 0.3 is 5.97 Å². The van der Waals surface area contributed by atoms with Crippen LogP contribution in [0, 0.1) is 0 Å². The summed E-state index contributed by atoms with van der Waals surface area (Å²) < 4.78 is 11.3. The van der Waals surface area contributed by atoms with E-state index in [2.05, 4.69) is 53.3 Å². The van der Waals surface area contributed by atoms with Gasteiger partial charge in [-0.25, -0.2) is 4.79 Å². The van der Waals surface area contributed by atoms with Gasteiger partial charge in [0.1, 0.15) is 17.6 Å². The first-order chi connectivity index (χ1) is 17.5. The van der Waals surface area contributed by atoms with Crippen LogP contribution in [0.1, 0.15) is 59.2 Å². The first-order valence-electron chi connectivity index (χ1n) is 11.9. The number of ether oxygens (including phenoxy) is 1. The molecule has 2 atom stereocenters. The number of carbonyl (C=O) groups is 1. The molecule has 3 heterocycles. The number of esters is 1.